The molecule has 146 valence electrons. The SMILES string of the molecule is COC(=O)c1nc(NC(=O)COc2ccccc2-n2cnnc2)sc1C(C)C. The highest BCUT2D eigenvalue weighted by Gasteiger charge is 2.22. The third kappa shape index (κ3) is 4.34. The Balaban J connectivity index is 1.68. The molecule has 0 fully saturated rings. The van der Waals surface area contributed by atoms with E-state index < -0.39 is 5.97 Å². The molecule has 0 aliphatic rings. The number of para-hydroxylation sites is 2. The molecule has 1 amide bonds. The van der Waals surface area contributed by atoms with Crippen LogP contribution in [0, 0.1) is 0 Å². The molecule has 0 unspecified atom stereocenters. The maximum absolute atomic E-state index is 12.3. The van der Waals surface area contributed by atoms with Gasteiger partial charge in [0.2, 0.25) is 0 Å². The van der Waals surface area contributed by atoms with Crippen LogP contribution in [0.15, 0.2) is 36.9 Å². The van der Waals surface area contributed by atoms with Gasteiger partial charge in [-0.2, -0.15) is 0 Å². The number of nitrogens with zero attached hydrogens (tertiary/aromatic N) is 4. The van der Waals surface area contributed by atoms with E-state index in [0.29, 0.717) is 16.6 Å². The fraction of sp³-hybridized carbons (Fsp3) is 0.278. The molecule has 0 aliphatic heterocycles. The summed E-state index contributed by atoms with van der Waals surface area (Å²) in [6.07, 6.45) is 3.08. The summed E-state index contributed by atoms with van der Waals surface area (Å²) in [5, 5.41) is 10.5. The van der Waals surface area contributed by atoms with Crippen LogP contribution < -0.4 is 10.1 Å². The quantitative estimate of drug-likeness (QED) is 0.606. The Labute approximate surface area is 165 Å². The van der Waals surface area contributed by atoms with E-state index in [1.54, 1.807) is 29.4 Å². The van der Waals surface area contributed by atoms with Crippen molar-refractivity contribution in [3.05, 3.63) is 47.5 Å². The minimum atomic E-state index is -0.528. The number of nitrogens with one attached hydrogen (secondary N) is 1. The zero-order chi connectivity index (χ0) is 20.1. The average molecular weight is 401 g/mol. The van der Waals surface area contributed by atoms with Crippen molar-refractivity contribution >= 4 is 28.3 Å². The molecule has 1 N–H and O–H groups in total. The van der Waals surface area contributed by atoms with E-state index in [4.69, 9.17) is 9.47 Å². The van der Waals surface area contributed by atoms with Gasteiger partial charge in [0.15, 0.2) is 17.4 Å². The van der Waals surface area contributed by atoms with Crippen molar-refractivity contribution in [2.45, 2.75) is 19.8 Å². The van der Waals surface area contributed by atoms with Gasteiger partial charge in [0.25, 0.3) is 5.91 Å². The Bertz CT molecular complexity index is 968. The Morgan fingerprint density at radius 3 is 2.61 bits per heavy atom. The molecule has 3 aromatic rings. The highest BCUT2D eigenvalue weighted by molar-refractivity contribution is 7.16. The smallest absolute Gasteiger partial charge is 0.357 e. The number of thiazole rings is 1. The van der Waals surface area contributed by atoms with Gasteiger partial charge in [0, 0.05) is 4.88 Å². The van der Waals surface area contributed by atoms with E-state index in [1.807, 2.05) is 26.0 Å². The van der Waals surface area contributed by atoms with Crippen LogP contribution in [0.5, 0.6) is 5.75 Å². The molecule has 2 aromatic heterocycles. The topological polar surface area (TPSA) is 108 Å². The molecule has 1 aromatic carbocycles. The number of anilines is 1. The van der Waals surface area contributed by atoms with Crippen molar-refractivity contribution in [1.82, 2.24) is 19.7 Å². The van der Waals surface area contributed by atoms with Crippen LogP contribution in [0.2, 0.25) is 0 Å². The first-order valence-electron chi connectivity index (χ1n) is 8.45. The summed E-state index contributed by atoms with van der Waals surface area (Å²) in [6, 6.07) is 7.23. The van der Waals surface area contributed by atoms with Crippen LogP contribution in [0.3, 0.4) is 0 Å². The van der Waals surface area contributed by atoms with E-state index in [1.165, 1.54) is 18.4 Å². The lowest BCUT2D eigenvalue weighted by Crippen LogP contribution is -2.20. The Morgan fingerprint density at radius 1 is 1.21 bits per heavy atom. The minimum absolute atomic E-state index is 0.0733. The largest absolute Gasteiger partial charge is 0.482 e. The number of aromatic nitrogens is 4. The minimum Gasteiger partial charge on any atom is -0.482 e. The predicted octanol–water partition coefficient (Wildman–Crippen LogP) is 2.65. The van der Waals surface area contributed by atoms with Gasteiger partial charge in [-0.3, -0.25) is 14.7 Å². The van der Waals surface area contributed by atoms with Gasteiger partial charge in [0.1, 0.15) is 18.4 Å². The fourth-order valence-electron chi connectivity index (χ4n) is 2.44. The first kappa shape index (κ1) is 19.5. The second-order valence-electron chi connectivity index (χ2n) is 6.05. The van der Waals surface area contributed by atoms with Gasteiger partial charge in [-0.05, 0) is 18.1 Å². The molecule has 0 aliphatic carbocycles. The number of methoxy groups -OCH3 is 1. The molecular weight excluding hydrogens is 382 g/mol. The van der Waals surface area contributed by atoms with Gasteiger partial charge in [-0.1, -0.05) is 26.0 Å². The van der Waals surface area contributed by atoms with Crippen LogP contribution in [-0.2, 0) is 9.53 Å². The third-order valence-corrected chi connectivity index (χ3v) is 5.00. The molecule has 0 radical (unpaired) electrons. The lowest BCUT2D eigenvalue weighted by atomic mass is 10.1. The Morgan fingerprint density at radius 2 is 1.93 bits per heavy atom. The normalized spacial score (nSPS) is 10.7. The summed E-state index contributed by atoms with van der Waals surface area (Å²) in [4.78, 5) is 29.1. The molecule has 28 heavy (non-hydrogen) atoms. The number of rotatable bonds is 7. The maximum atomic E-state index is 12.3. The van der Waals surface area contributed by atoms with E-state index in [-0.39, 0.29) is 24.1 Å². The number of carbonyl (C=O) groups is 2. The molecule has 0 bridgehead atoms. The summed E-state index contributed by atoms with van der Waals surface area (Å²) < 4.78 is 12.1. The van der Waals surface area contributed by atoms with Crippen LogP contribution in [-0.4, -0.2) is 45.3 Å². The van der Waals surface area contributed by atoms with Crippen molar-refractivity contribution in [1.29, 1.82) is 0 Å². The number of amides is 1. The molecule has 0 spiro atoms. The standard InChI is InChI=1S/C18H19N5O4S/c1-11(2)16-15(17(25)26-3)22-18(28-16)21-14(24)8-27-13-7-5-4-6-12(13)23-9-19-20-10-23/h4-7,9-11H,8H2,1-3H3,(H,21,22,24). The van der Waals surface area contributed by atoms with Gasteiger partial charge >= 0.3 is 5.97 Å². The van der Waals surface area contributed by atoms with Gasteiger partial charge in [0.05, 0.1) is 12.8 Å². The summed E-state index contributed by atoms with van der Waals surface area (Å²) >= 11 is 1.24. The molecular formula is C18H19N5O4S. The fourth-order valence-corrected chi connectivity index (χ4v) is 3.41. The van der Waals surface area contributed by atoms with Gasteiger partial charge in [-0.25, -0.2) is 9.78 Å². The average Bonchev–Trinajstić information content (AvgIpc) is 3.36. The monoisotopic (exact) mass is 401 g/mol. The molecule has 0 atom stereocenters. The molecule has 0 saturated carbocycles. The zero-order valence-corrected chi connectivity index (χ0v) is 16.4. The third-order valence-electron chi connectivity index (χ3n) is 3.72. The predicted molar refractivity (Wildman–Crippen MR) is 103 cm³/mol. The highest BCUT2D eigenvalue weighted by atomic mass is 32.1. The van der Waals surface area contributed by atoms with Crippen molar-refractivity contribution < 1.29 is 19.1 Å². The van der Waals surface area contributed by atoms with Crippen molar-refractivity contribution in [2.75, 3.05) is 19.0 Å². The van der Waals surface area contributed by atoms with E-state index in [9.17, 15) is 9.59 Å². The Kier molecular flexibility index (Phi) is 5.99. The van der Waals surface area contributed by atoms with Gasteiger partial charge in [-0.15, -0.1) is 21.5 Å². The summed E-state index contributed by atoms with van der Waals surface area (Å²) in [6.45, 7) is 3.66. The van der Waals surface area contributed by atoms with E-state index >= 15 is 0 Å². The zero-order valence-electron chi connectivity index (χ0n) is 15.6. The second kappa shape index (κ2) is 8.61. The molecule has 2 heterocycles. The van der Waals surface area contributed by atoms with Crippen molar-refractivity contribution in [3.63, 3.8) is 0 Å². The molecule has 0 saturated heterocycles. The lowest BCUT2D eigenvalue weighted by molar-refractivity contribution is -0.118. The van der Waals surface area contributed by atoms with Crippen molar-refractivity contribution in [2.24, 2.45) is 0 Å². The van der Waals surface area contributed by atoms with Crippen LogP contribution in [0.4, 0.5) is 5.13 Å². The first-order valence-corrected chi connectivity index (χ1v) is 9.27. The van der Waals surface area contributed by atoms with Crippen LogP contribution in [0.25, 0.3) is 5.69 Å². The maximum Gasteiger partial charge on any atom is 0.357 e. The molecule has 10 heteroatoms. The number of hydrogen-bond acceptors (Lipinski definition) is 8. The van der Waals surface area contributed by atoms with Crippen LogP contribution >= 0.6 is 11.3 Å². The summed E-state index contributed by atoms with van der Waals surface area (Å²) in [7, 11) is 1.30. The highest BCUT2D eigenvalue weighted by Crippen LogP contribution is 2.30. The number of ether oxygens (including phenoxy) is 2. The Hall–Kier alpha value is -3.27. The number of hydrogen-bond donors (Lipinski definition) is 1. The number of esters is 1. The second-order valence-corrected chi connectivity index (χ2v) is 7.08. The summed E-state index contributed by atoms with van der Waals surface area (Å²) in [5.74, 6) is -0.336. The lowest BCUT2D eigenvalue weighted by Gasteiger charge is -2.10. The van der Waals surface area contributed by atoms with Crippen LogP contribution in [0.1, 0.15) is 35.1 Å². The summed E-state index contributed by atoms with van der Waals surface area (Å²) in [5.41, 5.74) is 0.932. The molecule has 9 nitrogen and oxygen atoms in total. The van der Waals surface area contributed by atoms with Gasteiger partial charge < -0.3 is 9.47 Å². The number of benzene rings is 1. The van der Waals surface area contributed by atoms with E-state index in [0.717, 1.165) is 4.88 Å². The number of carbonyl (C=O) groups excluding carboxylic acids is 2. The van der Waals surface area contributed by atoms with Crippen molar-refractivity contribution in [3.8, 4) is 11.4 Å². The molecule has 3 rings (SSSR count). The first-order chi connectivity index (χ1) is 13.5. The van der Waals surface area contributed by atoms with E-state index in [2.05, 4.69) is 20.5 Å².